The molecule has 0 N–H and O–H groups in total. The van der Waals surface area contributed by atoms with Gasteiger partial charge in [0, 0.05) is 24.3 Å². The summed E-state index contributed by atoms with van der Waals surface area (Å²) < 4.78 is 33.0. The van der Waals surface area contributed by atoms with E-state index in [-0.39, 0.29) is 16.8 Å². The molecule has 0 saturated heterocycles. The van der Waals surface area contributed by atoms with Crippen LogP contribution in [0.2, 0.25) is 0 Å². The predicted octanol–water partition coefficient (Wildman–Crippen LogP) is 4.11. The van der Waals surface area contributed by atoms with E-state index >= 15 is 0 Å². The predicted molar refractivity (Wildman–Crippen MR) is 121 cm³/mol. The number of hydrogen-bond donors (Lipinski definition) is 0. The first-order chi connectivity index (χ1) is 14.8. The second kappa shape index (κ2) is 8.07. The second-order valence-corrected chi connectivity index (χ2v) is 9.39. The molecule has 1 amide bonds. The van der Waals surface area contributed by atoms with Crippen LogP contribution in [0.15, 0.2) is 77.7 Å². The van der Waals surface area contributed by atoms with Crippen LogP contribution < -0.4 is 13.9 Å². The van der Waals surface area contributed by atoms with E-state index in [1.165, 1.54) is 4.31 Å². The zero-order chi connectivity index (χ0) is 22.2. The minimum atomic E-state index is -3.67. The van der Waals surface area contributed by atoms with Crippen molar-refractivity contribution in [2.24, 2.45) is 0 Å². The van der Waals surface area contributed by atoms with Gasteiger partial charge in [-0.15, -0.1) is 0 Å². The van der Waals surface area contributed by atoms with Crippen molar-refractivity contribution in [3.63, 3.8) is 0 Å². The van der Waals surface area contributed by atoms with Crippen LogP contribution in [0.25, 0.3) is 0 Å². The van der Waals surface area contributed by atoms with Crippen LogP contribution in [0.5, 0.6) is 5.75 Å². The molecule has 1 aliphatic rings. The Kier molecular flexibility index (Phi) is 5.45. The van der Waals surface area contributed by atoms with Gasteiger partial charge in [-0.2, -0.15) is 0 Å². The highest BCUT2D eigenvalue weighted by Crippen LogP contribution is 2.37. The van der Waals surface area contributed by atoms with Crippen molar-refractivity contribution < 1.29 is 17.9 Å². The highest BCUT2D eigenvalue weighted by Gasteiger charge is 2.36. The molecule has 0 spiro atoms. The fraction of sp³-hybridized carbons (Fsp3) is 0.208. The van der Waals surface area contributed by atoms with Crippen molar-refractivity contribution in [1.29, 1.82) is 0 Å². The van der Waals surface area contributed by atoms with Gasteiger partial charge in [0.15, 0.2) is 0 Å². The highest BCUT2D eigenvalue weighted by molar-refractivity contribution is 7.92. The summed E-state index contributed by atoms with van der Waals surface area (Å²) in [6, 6.07) is 20.6. The molecule has 0 fully saturated rings. The second-order valence-electron chi connectivity index (χ2n) is 7.57. The van der Waals surface area contributed by atoms with E-state index in [0.717, 1.165) is 17.0 Å². The Morgan fingerprint density at radius 2 is 1.71 bits per heavy atom. The standard InChI is InChI=1S/C24H24N2O4S/c1-17-15-19-16-18(24(27)25(2)20-10-12-21(30-3)13-11-20)9-14-23(19)26(17)31(28,29)22-7-5-4-6-8-22/h4-14,16-17H,15H2,1-3H3. The molecule has 0 radical (unpaired) electrons. The molecule has 1 aliphatic heterocycles. The molecule has 0 saturated carbocycles. The molecule has 1 atom stereocenters. The van der Waals surface area contributed by atoms with Crippen LogP contribution in [-0.2, 0) is 16.4 Å². The smallest absolute Gasteiger partial charge is 0.264 e. The fourth-order valence-corrected chi connectivity index (χ4v) is 5.64. The lowest BCUT2D eigenvalue weighted by atomic mass is 10.1. The molecular formula is C24H24N2O4S. The molecule has 0 bridgehead atoms. The van der Waals surface area contributed by atoms with E-state index in [0.29, 0.717) is 17.7 Å². The van der Waals surface area contributed by atoms with Crippen LogP contribution in [0.3, 0.4) is 0 Å². The van der Waals surface area contributed by atoms with E-state index in [4.69, 9.17) is 4.74 Å². The van der Waals surface area contributed by atoms with E-state index < -0.39 is 10.0 Å². The molecular weight excluding hydrogens is 412 g/mol. The van der Waals surface area contributed by atoms with Gasteiger partial charge in [-0.05, 0) is 73.5 Å². The molecule has 4 rings (SSSR count). The van der Waals surface area contributed by atoms with Crippen molar-refractivity contribution >= 4 is 27.3 Å². The van der Waals surface area contributed by atoms with Gasteiger partial charge in [0.05, 0.1) is 17.7 Å². The first-order valence-electron chi connectivity index (χ1n) is 9.97. The van der Waals surface area contributed by atoms with E-state index in [1.54, 1.807) is 79.7 Å². The minimum Gasteiger partial charge on any atom is -0.497 e. The van der Waals surface area contributed by atoms with Crippen molar-refractivity contribution in [2.45, 2.75) is 24.3 Å². The van der Waals surface area contributed by atoms with Gasteiger partial charge < -0.3 is 9.64 Å². The number of amides is 1. The zero-order valence-electron chi connectivity index (χ0n) is 17.6. The largest absolute Gasteiger partial charge is 0.497 e. The number of fused-ring (bicyclic) bond motifs is 1. The topological polar surface area (TPSA) is 66.9 Å². The van der Waals surface area contributed by atoms with Crippen molar-refractivity contribution in [3.8, 4) is 5.75 Å². The van der Waals surface area contributed by atoms with Crippen LogP contribution in [0.4, 0.5) is 11.4 Å². The molecule has 160 valence electrons. The fourth-order valence-electron chi connectivity index (χ4n) is 3.92. The zero-order valence-corrected chi connectivity index (χ0v) is 18.5. The molecule has 0 aromatic heterocycles. The monoisotopic (exact) mass is 436 g/mol. The van der Waals surface area contributed by atoms with Crippen LogP contribution in [0.1, 0.15) is 22.8 Å². The highest BCUT2D eigenvalue weighted by atomic mass is 32.2. The Morgan fingerprint density at radius 1 is 1.03 bits per heavy atom. The molecule has 3 aromatic carbocycles. The quantitative estimate of drug-likeness (QED) is 0.604. The number of nitrogens with zero attached hydrogens (tertiary/aromatic N) is 2. The third-order valence-corrected chi connectivity index (χ3v) is 7.49. The van der Waals surface area contributed by atoms with Crippen LogP contribution >= 0.6 is 0 Å². The third-order valence-electron chi connectivity index (χ3n) is 5.54. The summed E-state index contributed by atoms with van der Waals surface area (Å²) in [6.07, 6.45) is 0.550. The maximum atomic E-state index is 13.2. The Bertz CT molecular complexity index is 1210. The first kappa shape index (κ1) is 20.9. The lowest BCUT2D eigenvalue weighted by Gasteiger charge is -2.24. The van der Waals surface area contributed by atoms with Gasteiger partial charge in [-0.25, -0.2) is 8.42 Å². The number of ether oxygens (including phenoxy) is 1. The maximum Gasteiger partial charge on any atom is 0.264 e. The number of methoxy groups -OCH3 is 1. The Labute approximate surface area is 182 Å². The average Bonchev–Trinajstić information content (AvgIpc) is 3.14. The van der Waals surface area contributed by atoms with Crippen molar-refractivity contribution in [3.05, 3.63) is 83.9 Å². The number of hydrogen-bond acceptors (Lipinski definition) is 4. The van der Waals surface area contributed by atoms with Crippen LogP contribution in [-0.4, -0.2) is 34.5 Å². The van der Waals surface area contributed by atoms with Crippen LogP contribution in [0, 0.1) is 0 Å². The van der Waals surface area contributed by atoms with Gasteiger partial charge >= 0.3 is 0 Å². The molecule has 3 aromatic rings. The lowest BCUT2D eigenvalue weighted by molar-refractivity contribution is 0.0993. The van der Waals surface area contributed by atoms with E-state index in [2.05, 4.69) is 0 Å². The summed E-state index contributed by atoms with van der Waals surface area (Å²) >= 11 is 0. The van der Waals surface area contributed by atoms with E-state index in [9.17, 15) is 13.2 Å². The first-order valence-corrected chi connectivity index (χ1v) is 11.4. The third kappa shape index (κ3) is 3.77. The Balaban J connectivity index is 1.63. The number of carbonyl (C=O) groups excluding carboxylic acids is 1. The van der Waals surface area contributed by atoms with Crippen molar-refractivity contribution in [2.75, 3.05) is 23.4 Å². The van der Waals surface area contributed by atoms with E-state index in [1.807, 2.05) is 19.1 Å². The van der Waals surface area contributed by atoms with Gasteiger partial charge in [0.2, 0.25) is 0 Å². The maximum absolute atomic E-state index is 13.2. The Hall–Kier alpha value is -3.32. The average molecular weight is 437 g/mol. The number of carbonyl (C=O) groups is 1. The SMILES string of the molecule is COc1ccc(N(C)C(=O)c2ccc3c(c2)CC(C)N3S(=O)(=O)c2ccccc2)cc1. The van der Waals surface area contributed by atoms with Gasteiger partial charge in [-0.1, -0.05) is 18.2 Å². The summed E-state index contributed by atoms with van der Waals surface area (Å²) in [5, 5.41) is 0. The van der Waals surface area contributed by atoms with Crippen molar-refractivity contribution in [1.82, 2.24) is 0 Å². The summed E-state index contributed by atoms with van der Waals surface area (Å²) in [7, 11) is -0.366. The Morgan fingerprint density at radius 3 is 2.35 bits per heavy atom. The number of rotatable bonds is 5. The normalized spacial score (nSPS) is 15.5. The van der Waals surface area contributed by atoms with Gasteiger partial charge in [-0.3, -0.25) is 9.10 Å². The molecule has 1 heterocycles. The number of anilines is 2. The van der Waals surface area contributed by atoms with Gasteiger partial charge in [0.1, 0.15) is 5.75 Å². The molecule has 1 unspecified atom stereocenters. The summed E-state index contributed by atoms with van der Waals surface area (Å²) in [5.74, 6) is 0.556. The summed E-state index contributed by atoms with van der Waals surface area (Å²) in [5.41, 5.74) is 2.73. The molecule has 31 heavy (non-hydrogen) atoms. The number of sulfonamides is 1. The minimum absolute atomic E-state index is 0.162. The summed E-state index contributed by atoms with van der Waals surface area (Å²) in [6.45, 7) is 1.88. The lowest BCUT2D eigenvalue weighted by Crippen LogP contribution is -2.35. The van der Waals surface area contributed by atoms with Gasteiger partial charge in [0.25, 0.3) is 15.9 Å². The number of benzene rings is 3. The summed E-state index contributed by atoms with van der Waals surface area (Å²) in [4.78, 5) is 14.9. The molecule has 7 heteroatoms. The molecule has 6 nitrogen and oxygen atoms in total. The molecule has 0 aliphatic carbocycles.